The molecule has 0 N–H and O–H groups in total. The number of imide groups is 1. The highest BCUT2D eigenvalue weighted by molar-refractivity contribution is 6.74. The Bertz CT molecular complexity index is 647. The Kier molecular flexibility index (Phi) is 6.01. The third kappa shape index (κ3) is 4.89. The lowest BCUT2D eigenvalue weighted by atomic mass is 10.2. The summed E-state index contributed by atoms with van der Waals surface area (Å²) in [5.41, 5.74) is 0.941. The Balaban J connectivity index is 2.04. The molecule has 0 aromatic heterocycles. The van der Waals surface area contributed by atoms with E-state index in [1.807, 2.05) is 30.3 Å². The fraction of sp³-hybridized carbons (Fsp3) is 0.500. The third-order valence-corrected chi connectivity index (χ3v) is 9.72. The van der Waals surface area contributed by atoms with Crippen LogP contribution in [0.4, 0.5) is 0 Å². The van der Waals surface area contributed by atoms with Gasteiger partial charge in [0.2, 0.25) is 5.91 Å². The Morgan fingerprint density at radius 2 is 1.92 bits per heavy atom. The molecule has 2 amide bonds. The van der Waals surface area contributed by atoms with Crippen LogP contribution in [0.2, 0.25) is 18.1 Å². The van der Waals surface area contributed by atoms with Gasteiger partial charge in [-0.2, -0.15) is 0 Å². The molecule has 136 valence electrons. The van der Waals surface area contributed by atoms with Crippen molar-refractivity contribution in [3.05, 3.63) is 42.0 Å². The molecule has 4 nitrogen and oxygen atoms in total. The first-order chi connectivity index (χ1) is 11.6. The number of hydrogen-bond donors (Lipinski definition) is 0. The van der Waals surface area contributed by atoms with Crippen molar-refractivity contribution < 1.29 is 14.0 Å². The second-order valence-electron chi connectivity index (χ2n) is 8.11. The fourth-order valence-electron chi connectivity index (χ4n) is 2.54. The highest BCUT2D eigenvalue weighted by Gasteiger charge is 2.40. The van der Waals surface area contributed by atoms with Crippen LogP contribution in [0.25, 0.3) is 6.08 Å². The van der Waals surface area contributed by atoms with Gasteiger partial charge in [0.25, 0.3) is 5.91 Å². The van der Waals surface area contributed by atoms with Gasteiger partial charge in [0, 0.05) is 12.5 Å². The van der Waals surface area contributed by atoms with Crippen molar-refractivity contribution in [2.45, 2.75) is 57.8 Å². The lowest BCUT2D eigenvalue weighted by Crippen LogP contribution is -2.46. The van der Waals surface area contributed by atoms with Gasteiger partial charge < -0.3 is 4.43 Å². The van der Waals surface area contributed by atoms with Gasteiger partial charge in [0.1, 0.15) is 0 Å². The average molecular weight is 360 g/mol. The largest absolute Gasteiger partial charge is 0.415 e. The van der Waals surface area contributed by atoms with E-state index in [1.165, 1.54) is 11.0 Å². The van der Waals surface area contributed by atoms with Crippen molar-refractivity contribution in [1.29, 1.82) is 0 Å². The molecule has 1 aromatic rings. The highest BCUT2D eigenvalue weighted by atomic mass is 28.4. The number of benzene rings is 1. The molecule has 0 aliphatic carbocycles. The van der Waals surface area contributed by atoms with Gasteiger partial charge in [-0.25, -0.2) is 0 Å². The number of rotatable bonds is 5. The van der Waals surface area contributed by atoms with Gasteiger partial charge in [0.15, 0.2) is 8.32 Å². The molecule has 1 unspecified atom stereocenters. The summed E-state index contributed by atoms with van der Waals surface area (Å²) in [7, 11) is -1.90. The SMILES string of the molecule is CC(C)(C)[Si](C)(C)OCC1CCC(=O)N1C(=O)/C=C/c1ccccc1. The van der Waals surface area contributed by atoms with Crippen LogP contribution in [0.1, 0.15) is 39.2 Å². The molecule has 1 saturated heterocycles. The molecule has 0 spiro atoms. The van der Waals surface area contributed by atoms with Crippen LogP contribution in [0.15, 0.2) is 36.4 Å². The molecule has 0 radical (unpaired) electrons. The molecule has 2 rings (SSSR count). The quantitative estimate of drug-likeness (QED) is 0.583. The van der Waals surface area contributed by atoms with Crippen LogP contribution >= 0.6 is 0 Å². The molecule has 1 heterocycles. The summed E-state index contributed by atoms with van der Waals surface area (Å²) in [5, 5.41) is 0.109. The van der Waals surface area contributed by atoms with Gasteiger partial charge in [0.05, 0.1) is 12.6 Å². The molecule has 1 aliphatic heterocycles. The summed E-state index contributed by atoms with van der Waals surface area (Å²) < 4.78 is 6.24. The summed E-state index contributed by atoms with van der Waals surface area (Å²) in [6.45, 7) is 11.4. The van der Waals surface area contributed by atoms with E-state index in [9.17, 15) is 9.59 Å². The van der Waals surface area contributed by atoms with Crippen molar-refractivity contribution in [2.75, 3.05) is 6.61 Å². The first-order valence-corrected chi connectivity index (χ1v) is 11.8. The van der Waals surface area contributed by atoms with E-state index in [0.717, 1.165) is 5.56 Å². The van der Waals surface area contributed by atoms with Gasteiger partial charge in [-0.3, -0.25) is 14.5 Å². The van der Waals surface area contributed by atoms with Crippen molar-refractivity contribution in [2.24, 2.45) is 0 Å². The summed E-state index contributed by atoms with van der Waals surface area (Å²) in [4.78, 5) is 26.1. The minimum absolute atomic E-state index is 0.105. The lowest BCUT2D eigenvalue weighted by Gasteiger charge is -2.37. The number of carbonyl (C=O) groups excluding carboxylic acids is 2. The maximum atomic E-state index is 12.5. The standard InChI is InChI=1S/C20H29NO3Si/c1-20(2,3)25(4,5)24-15-17-12-14-19(23)21(17)18(22)13-11-16-9-7-6-8-10-16/h6-11,13,17H,12,14-15H2,1-5H3/b13-11+. The zero-order valence-electron chi connectivity index (χ0n) is 15.9. The highest BCUT2D eigenvalue weighted by Crippen LogP contribution is 2.37. The molecule has 1 atom stereocenters. The normalized spacial score (nSPS) is 19.0. The van der Waals surface area contributed by atoms with E-state index in [0.29, 0.717) is 19.4 Å². The van der Waals surface area contributed by atoms with Crippen molar-refractivity contribution in [3.63, 3.8) is 0 Å². The van der Waals surface area contributed by atoms with E-state index in [-0.39, 0.29) is 22.9 Å². The van der Waals surface area contributed by atoms with Crippen LogP contribution < -0.4 is 0 Å². The first-order valence-electron chi connectivity index (χ1n) is 8.85. The molecule has 0 saturated carbocycles. The lowest BCUT2D eigenvalue weighted by molar-refractivity contribution is -0.141. The van der Waals surface area contributed by atoms with Crippen molar-refractivity contribution in [1.82, 2.24) is 4.90 Å². The van der Waals surface area contributed by atoms with Gasteiger partial charge in [-0.15, -0.1) is 0 Å². The van der Waals surface area contributed by atoms with E-state index in [1.54, 1.807) is 6.08 Å². The molecular formula is C20H29NO3Si. The predicted octanol–water partition coefficient (Wildman–Crippen LogP) is 4.24. The Labute approximate surface area is 152 Å². The molecule has 0 bridgehead atoms. The van der Waals surface area contributed by atoms with Crippen LogP contribution in [0, 0.1) is 0 Å². The third-order valence-electron chi connectivity index (χ3n) is 5.22. The van der Waals surface area contributed by atoms with Gasteiger partial charge >= 0.3 is 0 Å². The van der Waals surface area contributed by atoms with Crippen LogP contribution in [0.3, 0.4) is 0 Å². The number of carbonyl (C=O) groups is 2. The molecule has 25 heavy (non-hydrogen) atoms. The molecule has 1 fully saturated rings. The molecule has 1 aromatic carbocycles. The van der Waals surface area contributed by atoms with Gasteiger partial charge in [-0.1, -0.05) is 51.1 Å². The smallest absolute Gasteiger partial charge is 0.253 e. The first kappa shape index (κ1) is 19.6. The second-order valence-corrected chi connectivity index (χ2v) is 12.9. The maximum absolute atomic E-state index is 12.5. The van der Waals surface area contributed by atoms with E-state index >= 15 is 0 Å². The van der Waals surface area contributed by atoms with Crippen molar-refractivity contribution in [3.8, 4) is 0 Å². The number of nitrogens with zero attached hydrogens (tertiary/aromatic N) is 1. The molecular weight excluding hydrogens is 330 g/mol. The monoisotopic (exact) mass is 359 g/mol. The van der Waals surface area contributed by atoms with E-state index in [2.05, 4.69) is 33.9 Å². The van der Waals surface area contributed by atoms with E-state index < -0.39 is 8.32 Å². The summed E-state index contributed by atoms with van der Waals surface area (Å²) in [5.74, 6) is -0.360. The Morgan fingerprint density at radius 1 is 1.28 bits per heavy atom. The predicted molar refractivity (Wildman–Crippen MR) is 104 cm³/mol. The number of amides is 2. The number of likely N-dealkylation sites (tertiary alicyclic amines) is 1. The molecule has 1 aliphatic rings. The summed E-state index contributed by atoms with van der Waals surface area (Å²) >= 11 is 0. The topological polar surface area (TPSA) is 46.6 Å². The number of hydrogen-bond acceptors (Lipinski definition) is 3. The van der Waals surface area contributed by atoms with E-state index in [4.69, 9.17) is 4.43 Å². The Hall–Kier alpha value is -1.72. The summed E-state index contributed by atoms with van der Waals surface area (Å²) in [6, 6.07) is 9.45. The zero-order chi connectivity index (χ0) is 18.7. The fourth-order valence-corrected chi connectivity index (χ4v) is 3.58. The minimum atomic E-state index is -1.90. The van der Waals surface area contributed by atoms with Crippen LogP contribution in [-0.2, 0) is 14.0 Å². The Morgan fingerprint density at radius 3 is 2.52 bits per heavy atom. The van der Waals surface area contributed by atoms with Crippen molar-refractivity contribution >= 4 is 26.2 Å². The molecule has 5 heteroatoms. The maximum Gasteiger partial charge on any atom is 0.253 e. The second kappa shape index (κ2) is 7.66. The summed E-state index contributed by atoms with van der Waals surface area (Å²) in [6.07, 6.45) is 4.33. The zero-order valence-corrected chi connectivity index (χ0v) is 16.9. The van der Waals surface area contributed by atoms with Gasteiger partial charge in [-0.05, 0) is 36.2 Å². The average Bonchev–Trinajstić information content (AvgIpc) is 2.91. The van der Waals surface area contributed by atoms with Crippen LogP contribution in [0.5, 0.6) is 0 Å². The minimum Gasteiger partial charge on any atom is -0.415 e. The van der Waals surface area contributed by atoms with Crippen LogP contribution in [-0.4, -0.2) is 37.7 Å².